The SMILES string of the molecule is COc1cc(CNC[C@H](c2ccccc2Cl)N(C)C)cc2c1OCCO2. The predicted molar refractivity (Wildman–Crippen MR) is 104 cm³/mol. The van der Waals surface area contributed by atoms with E-state index in [9.17, 15) is 0 Å². The second-order valence-corrected chi connectivity index (χ2v) is 6.86. The van der Waals surface area contributed by atoms with E-state index in [2.05, 4.69) is 30.4 Å². The minimum absolute atomic E-state index is 0.183. The Bertz CT molecular complexity index is 735. The average molecular weight is 377 g/mol. The number of methoxy groups -OCH3 is 1. The van der Waals surface area contributed by atoms with Crippen LogP contribution in [-0.2, 0) is 6.54 Å². The summed E-state index contributed by atoms with van der Waals surface area (Å²) in [6, 6.07) is 12.1. The number of benzene rings is 2. The van der Waals surface area contributed by atoms with E-state index in [0.717, 1.165) is 28.4 Å². The van der Waals surface area contributed by atoms with Gasteiger partial charge in [0.15, 0.2) is 11.5 Å². The molecule has 0 saturated carbocycles. The number of fused-ring (bicyclic) bond motifs is 1. The number of hydrogen-bond donors (Lipinski definition) is 1. The number of ether oxygens (including phenoxy) is 3. The molecule has 1 heterocycles. The maximum atomic E-state index is 6.38. The van der Waals surface area contributed by atoms with Gasteiger partial charge in [0.25, 0.3) is 0 Å². The standard InChI is InChI=1S/C20H25ClN2O3/c1-23(2)17(15-6-4-5-7-16(15)21)13-22-12-14-10-18(24-3)20-19(11-14)25-8-9-26-20/h4-7,10-11,17,22H,8-9,12-13H2,1-3H3/t17-/m1/s1. The number of halogens is 1. The molecule has 6 heteroatoms. The highest BCUT2D eigenvalue weighted by Crippen LogP contribution is 2.40. The largest absolute Gasteiger partial charge is 0.493 e. The molecule has 0 aliphatic carbocycles. The Morgan fingerprint density at radius 2 is 1.96 bits per heavy atom. The van der Waals surface area contributed by atoms with Crippen molar-refractivity contribution in [3.8, 4) is 17.2 Å². The van der Waals surface area contributed by atoms with Crippen molar-refractivity contribution >= 4 is 11.6 Å². The Morgan fingerprint density at radius 3 is 2.69 bits per heavy atom. The van der Waals surface area contributed by atoms with Crippen LogP contribution in [0.5, 0.6) is 17.2 Å². The second-order valence-electron chi connectivity index (χ2n) is 6.45. The van der Waals surface area contributed by atoms with Crippen LogP contribution in [0.15, 0.2) is 36.4 Å². The van der Waals surface area contributed by atoms with Gasteiger partial charge in [-0.05, 0) is 43.4 Å². The van der Waals surface area contributed by atoms with E-state index < -0.39 is 0 Å². The lowest BCUT2D eigenvalue weighted by molar-refractivity contribution is 0.165. The normalized spacial score (nSPS) is 14.3. The van der Waals surface area contributed by atoms with Crippen LogP contribution in [0, 0.1) is 0 Å². The molecule has 1 aliphatic heterocycles. The fourth-order valence-electron chi connectivity index (χ4n) is 3.10. The summed E-state index contributed by atoms with van der Waals surface area (Å²) in [5.74, 6) is 2.13. The zero-order chi connectivity index (χ0) is 18.5. The van der Waals surface area contributed by atoms with E-state index in [0.29, 0.717) is 31.3 Å². The number of hydrogen-bond acceptors (Lipinski definition) is 5. The first-order valence-electron chi connectivity index (χ1n) is 8.68. The molecule has 5 nitrogen and oxygen atoms in total. The Labute approximate surface area is 159 Å². The number of rotatable bonds is 7. The van der Waals surface area contributed by atoms with Gasteiger partial charge in [0.05, 0.1) is 7.11 Å². The highest BCUT2D eigenvalue weighted by molar-refractivity contribution is 6.31. The summed E-state index contributed by atoms with van der Waals surface area (Å²) in [6.07, 6.45) is 0. The smallest absolute Gasteiger partial charge is 0.203 e. The molecule has 2 aromatic rings. The number of nitrogens with one attached hydrogen (secondary N) is 1. The molecule has 0 saturated heterocycles. The minimum atomic E-state index is 0.183. The van der Waals surface area contributed by atoms with Crippen LogP contribution >= 0.6 is 11.6 Å². The molecule has 140 valence electrons. The number of nitrogens with zero attached hydrogens (tertiary/aromatic N) is 1. The van der Waals surface area contributed by atoms with Gasteiger partial charge in [0.1, 0.15) is 13.2 Å². The van der Waals surface area contributed by atoms with Crippen molar-refractivity contribution in [1.29, 1.82) is 0 Å². The molecule has 1 atom stereocenters. The van der Waals surface area contributed by atoms with Crippen molar-refractivity contribution in [1.82, 2.24) is 10.2 Å². The molecule has 0 radical (unpaired) electrons. The zero-order valence-electron chi connectivity index (χ0n) is 15.4. The first-order chi connectivity index (χ1) is 12.6. The second kappa shape index (κ2) is 8.62. The molecule has 0 aromatic heterocycles. The molecule has 1 aliphatic rings. The molecule has 1 N–H and O–H groups in total. The third kappa shape index (κ3) is 4.23. The van der Waals surface area contributed by atoms with Crippen molar-refractivity contribution in [2.45, 2.75) is 12.6 Å². The third-order valence-corrected chi connectivity index (χ3v) is 4.79. The van der Waals surface area contributed by atoms with Crippen LogP contribution in [-0.4, -0.2) is 45.9 Å². The lowest BCUT2D eigenvalue weighted by atomic mass is 10.1. The summed E-state index contributed by atoms with van der Waals surface area (Å²) < 4.78 is 16.8. The Hall–Kier alpha value is -1.95. The molecule has 2 aromatic carbocycles. The Kier molecular flexibility index (Phi) is 6.25. The van der Waals surface area contributed by atoms with Crippen molar-refractivity contribution in [3.05, 3.63) is 52.5 Å². The molecule has 0 fully saturated rings. The van der Waals surface area contributed by atoms with E-state index in [1.54, 1.807) is 7.11 Å². The van der Waals surface area contributed by atoms with E-state index in [1.165, 1.54) is 0 Å². The van der Waals surface area contributed by atoms with Crippen LogP contribution in [0.2, 0.25) is 5.02 Å². The molecule has 0 spiro atoms. The first kappa shape index (κ1) is 18.8. The molecule has 3 rings (SSSR count). The van der Waals surface area contributed by atoms with Gasteiger partial charge >= 0.3 is 0 Å². The van der Waals surface area contributed by atoms with Gasteiger partial charge in [0, 0.05) is 24.2 Å². The van der Waals surface area contributed by atoms with E-state index in [4.69, 9.17) is 25.8 Å². The van der Waals surface area contributed by atoms with Crippen molar-refractivity contribution in [2.24, 2.45) is 0 Å². The van der Waals surface area contributed by atoms with Crippen LogP contribution in [0.25, 0.3) is 0 Å². The van der Waals surface area contributed by atoms with Gasteiger partial charge in [-0.2, -0.15) is 0 Å². The lowest BCUT2D eigenvalue weighted by Gasteiger charge is -2.26. The first-order valence-corrected chi connectivity index (χ1v) is 9.06. The Balaban J connectivity index is 1.69. The lowest BCUT2D eigenvalue weighted by Crippen LogP contribution is -2.31. The van der Waals surface area contributed by atoms with Gasteiger partial charge in [-0.25, -0.2) is 0 Å². The summed E-state index contributed by atoms with van der Waals surface area (Å²) in [7, 11) is 5.76. The fraction of sp³-hybridized carbons (Fsp3) is 0.400. The van der Waals surface area contributed by atoms with Crippen molar-refractivity contribution in [2.75, 3.05) is 41.0 Å². The summed E-state index contributed by atoms with van der Waals surface area (Å²) in [4.78, 5) is 2.17. The van der Waals surface area contributed by atoms with E-state index in [-0.39, 0.29) is 6.04 Å². The van der Waals surface area contributed by atoms with Gasteiger partial charge in [-0.3, -0.25) is 0 Å². The maximum absolute atomic E-state index is 6.38. The zero-order valence-corrected chi connectivity index (χ0v) is 16.2. The fourth-order valence-corrected chi connectivity index (χ4v) is 3.36. The van der Waals surface area contributed by atoms with Crippen molar-refractivity contribution < 1.29 is 14.2 Å². The maximum Gasteiger partial charge on any atom is 0.203 e. The molecular formula is C20H25ClN2O3. The Morgan fingerprint density at radius 1 is 1.19 bits per heavy atom. The molecule has 0 unspecified atom stereocenters. The summed E-state index contributed by atoms with van der Waals surface area (Å²) in [5, 5.41) is 4.30. The van der Waals surface area contributed by atoms with Gasteiger partial charge < -0.3 is 24.4 Å². The number of likely N-dealkylation sites (N-methyl/N-ethyl adjacent to an activating group) is 1. The van der Waals surface area contributed by atoms with E-state index in [1.807, 2.05) is 30.3 Å². The monoisotopic (exact) mass is 376 g/mol. The predicted octanol–water partition coefficient (Wildman–Crippen LogP) is 3.51. The molecular weight excluding hydrogens is 352 g/mol. The van der Waals surface area contributed by atoms with Crippen LogP contribution < -0.4 is 19.5 Å². The highest BCUT2D eigenvalue weighted by atomic mass is 35.5. The molecule has 0 amide bonds. The van der Waals surface area contributed by atoms with E-state index >= 15 is 0 Å². The molecule has 0 bridgehead atoms. The van der Waals surface area contributed by atoms with Gasteiger partial charge in [-0.1, -0.05) is 29.8 Å². The van der Waals surface area contributed by atoms with Crippen molar-refractivity contribution in [3.63, 3.8) is 0 Å². The minimum Gasteiger partial charge on any atom is -0.493 e. The van der Waals surface area contributed by atoms with Gasteiger partial charge in [-0.15, -0.1) is 0 Å². The highest BCUT2D eigenvalue weighted by Gasteiger charge is 2.19. The molecule has 26 heavy (non-hydrogen) atoms. The summed E-state index contributed by atoms with van der Waals surface area (Å²) in [5.41, 5.74) is 2.20. The topological polar surface area (TPSA) is 43.0 Å². The summed E-state index contributed by atoms with van der Waals surface area (Å²) in [6.45, 7) is 2.57. The average Bonchev–Trinajstić information content (AvgIpc) is 2.65. The van der Waals surface area contributed by atoms with Gasteiger partial charge in [0.2, 0.25) is 5.75 Å². The van der Waals surface area contributed by atoms with Crippen LogP contribution in [0.1, 0.15) is 17.2 Å². The summed E-state index contributed by atoms with van der Waals surface area (Å²) >= 11 is 6.38. The van der Waals surface area contributed by atoms with Crippen LogP contribution in [0.3, 0.4) is 0 Å². The van der Waals surface area contributed by atoms with Crippen LogP contribution in [0.4, 0.5) is 0 Å². The third-order valence-electron chi connectivity index (χ3n) is 4.44. The quantitative estimate of drug-likeness (QED) is 0.801.